The minimum absolute atomic E-state index is 0.253. The third-order valence-electron chi connectivity index (χ3n) is 4.38. The van der Waals surface area contributed by atoms with Gasteiger partial charge >= 0.3 is 0 Å². The average Bonchev–Trinajstić information content (AvgIpc) is 3.03. The second-order valence-electron chi connectivity index (χ2n) is 5.49. The van der Waals surface area contributed by atoms with Gasteiger partial charge in [0.05, 0.1) is 6.20 Å². The van der Waals surface area contributed by atoms with Gasteiger partial charge in [-0.25, -0.2) is 4.68 Å². The SMILES string of the molecule is CCCn1nncc1C(=O)C1CC2CCC1C2. The zero-order chi connectivity index (χ0) is 11.8. The van der Waals surface area contributed by atoms with Crippen LogP contribution in [-0.2, 0) is 6.54 Å². The highest BCUT2D eigenvalue weighted by Gasteiger charge is 2.43. The summed E-state index contributed by atoms with van der Waals surface area (Å²) in [6.45, 7) is 2.88. The Kier molecular flexibility index (Phi) is 2.73. The van der Waals surface area contributed by atoms with Crippen LogP contribution in [0.4, 0.5) is 0 Å². The van der Waals surface area contributed by atoms with Gasteiger partial charge in [-0.3, -0.25) is 4.79 Å². The minimum atomic E-state index is 0.253. The van der Waals surface area contributed by atoms with Gasteiger partial charge in [-0.05, 0) is 37.5 Å². The number of carbonyl (C=O) groups excluding carboxylic acids is 1. The van der Waals surface area contributed by atoms with E-state index in [0.29, 0.717) is 5.92 Å². The predicted molar refractivity (Wildman–Crippen MR) is 63.6 cm³/mol. The van der Waals surface area contributed by atoms with Gasteiger partial charge in [-0.15, -0.1) is 5.10 Å². The number of aryl methyl sites for hydroxylation is 1. The second kappa shape index (κ2) is 4.24. The number of carbonyl (C=O) groups is 1. The van der Waals surface area contributed by atoms with E-state index in [1.165, 1.54) is 19.3 Å². The van der Waals surface area contributed by atoms with E-state index in [4.69, 9.17) is 0 Å². The quantitative estimate of drug-likeness (QED) is 0.750. The molecule has 3 atom stereocenters. The van der Waals surface area contributed by atoms with Crippen molar-refractivity contribution in [2.24, 2.45) is 17.8 Å². The molecule has 2 fully saturated rings. The maximum Gasteiger partial charge on any atom is 0.185 e. The van der Waals surface area contributed by atoms with Crippen LogP contribution >= 0.6 is 0 Å². The molecule has 2 aliphatic rings. The summed E-state index contributed by atoms with van der Waals surface area (Å²) in [6, 6.07) is 0. The van der Waals surface area contributed by atoms with E-state index in [1.54, 1.807) is 10.9 Å². The molecule has 1 heterocycles. The number of rotatable bonds is 4. The Morgan fingerprint density at radius 1 is 1.47 bits per heavy atom. The number of Topliss-reactive ketones (excluding diaryl/α,β-unsaturated/α-hetero) is 1. The van der Waals surface area contributed by atoms with Crippen LogP contribution in [0.3, 0.4) is 0 Å². The van der Waals surface area contributed by atoms with Crippen LogP contribution in [0.15, 0.2) is 6.20 Å². The van der Waals surface area contributed by atoms with E-state index in [0.717, 1.165) is 31.0 Å². The fourth-order valence-corrected chi connectivity index (χ4v) is 3.58. The van der Waals surface area contributed by atoms with E-state index in [-0.39, 0.29) is 11.7 Å². The molecular formula is C13H19N3O. The first-order valence-electron chi connectivity index (χ1n) is 6.72. The molecule has 2 bridgehead atoms. The molecule has 0 amide bonds. The van der Waals surface area contributed by atoms with Crippen molar-refractivity contribution in [3.8, 4) is 0 Å². The Bertz CT molecular complexity index is 426. The third-order valence-corrected chi connectivity index (χ3v) is 4.38. The normalized spacial score (nSPS) is 31.0. The van der Waals surface area contributed by atoms with E-state index in [1.807, 2.05) is 0 Å². The van der Waals surface area contributed by atoms with Gasteiger partial charge in [0, 0.05) is 12.5 Å². The van der Waals surface area contributed by atoms with Crippen LogP contribution in [0.25, 0.3) is 0 Å². The summed E-state index contributed by atoms with van der Waals surface area (Å²) in [5.74, 6) is 1.99. The lowest BCUT2D eigenvalue weighted by molar-refractivity contribution is 0.0863. The summed E-state index contributed by atoms with van der Waals surface area (Å²) in [5, 5.41) is 7.89. The molecule has 17 heavy (non-hydrogen) atoms. The van der Waals surface area contributed by atoms with Crippen LogP contribution in [-0.4, -0.2) is 20.8 Å². The van der Waals surface area contributed by atoms with E-state index >= 15 is 0 Å². The Balaban J connectivity index is 1.79. The Hall–Kier alpha value is -1.19. The van der Waals surface area contributed by atoms with Crippen molar-refractivity contribution in [2.75, 3.05) is 0 Å². The van der Waals surface area contributed by atoms with Crippen LogP contribution in [0, 0.1) is 17.8 Å². The molecule has 0 spiro atoms. The summed E-state index contributed by atoms with van der Waals surface area (Å²) in [4.78, 5) is 12.5. The van der Waals surface area contributed by atoms with E-state index in [2.05, 4.69) is 17.2 Å². The molecule has 0 N–H and O–H groups in total. The Morgan fingerprint density at radius 3 is 3.00 bits per heavy atom. The number of fused-ring (bicyclic) bond motifs is 2. The smallest absolute Gasteiger partial charge is 0.185 e. The second-order valence-corrected chi connectivity index (χ2v) is 5.49. The van der Waals surface area contributed by atoms with Crippen molar-refractivity contribution in [2.45, 2.75) is 45.6 Å². The fraction of sp³-hybridized carbons (Fsp3) is 0.769. The molecular weight excluding hydrogens is 214 g/mol. The van der Waals surface area contributed by atoms with Gasteiger partial charge in [0.15, 0.2) is 5.78 Å². The van der Waals surface area contributed by atoms with Crippen molar-refractivity contribution < 1.29 is 4.79 Å². The van der Waals surface area contributed by atoms with Gasteiger partial charge in [0.2, 0.25) is 0 Å². The molecule has 2 aliphatic carbocycles. The topological polar surface area (TPSA) is 47.8 Å². The molecule has 0 aliphatic heterocycles. The van der Waals surface area contributed by atoms with Crippen LogP contribution in [0.1, 0.15) is 49.5 Å². The highest BCUT2D eigenvalue weighted by Crippen LogP contribution is 2.49. The fourth-order valence-electron chi connectivity index (χ4n) is 3.58. The maximum absolute atomic E-state index is 12.5. The van der Waals surface area contributed by atoms with Crippen molar-refractivity contribution in [1.82, 2.24) is 15.0 Å². The van der Waals surface area contributed by atoms with E-state index in [9.17, 15) is 4.79 Å². The van der Waals surface area contributed by atoms with Crippen LogP contribution < -0.4 is 0 Å². The van der Waals surface area contributed by atoms with Gasteiger partial charge in [0.25, 0.3) is 0 Å². The first-order valence-corrected chi connectivity index (χ1v) is 6.72. The largest absolute Gasteiger partial charge is 0.292 e. The average molecular weight is 233 g/mol. The number of aromatic nitrogens is 3. The first kappa shape index (κ1) is 10.9. The molecule has 4 nitrogen and oxygen atoms in total. The van der Waals surface area contributed by atoms with Gasteiger partial charge in [-0.1, -0.05) is 18.6 Å². The molecule has 0 aromatic carbocycles. The summed E-state index contributed by atoms with van der Waals surface area (Å²) < 4.78 is 1.77. The summed E-state index contributed by atoms with van der Waals surface area (Å²) in [5.41, 5.74) is 0.726. The van der Waals surface area contributed by atoms with Crippen molar-refractivity contribution in [3.05, 3.63) is 11.9 Å². The minimum Gasteiger partial charge on any atom is -0.292 e. The van der Waals surface area contributed by atoms with Gasteiger partial charge in [0.1, 0.15) is 5.69 Å². The number of ketones is 1. The van der Waals surface area contributed by atoms with Crippen LogP contribution in [0.5, 0.6) is 0 Å². The predicted octanol–water partition coefficient (Wildman–Crippen LogP) is 2.31. The standard InChI is InChI=1S/C13H19N3O/c1-2-5-16-12(8-14-15-16)13(17)11-7-9-3-4-10(11)6-9/h8-11H,2-7H2,1H3. The highest BCUT2D eigenvalue weighted by atomic mass is 16.1. The molecule has 2 saturated carbocycles. The van der Waals surface area contributed by atoms with Crippen molar-refractivity contribution >= 4 is 5.78 Å². The molecule has 0 saturated heterocycles. The number of hydrogen-bond acceptors (Lipinski definition) is 3. The Morgan fingerprint density at radius 2 is 2.35 bits per heavy atom. The lowest BCUT2D eigenvalue weighted by atomic mass is 9.85. The summed E-state index contributed by atoms with van der Waals surface area (Å²) in [6.07, 6.45) is 7.58. The Labute approximate surface area is 101 Å². The zero-order valence-corrected chi connectivity index (χ0v) is 10.3. The van der Waals surface area contributed by atoms with Crippen LogP contribution in [0.2, 0.25) is 0 Å². The first-order chi connectivity index (χ1) is 8.29. The van der Waals surface area contributed by atoms with Gasteiger partial charge in [-0.2, -0.15) is 0 Å². The number of hydrogen-bond donors (Lipinski definition) is 0. The number of nitrogens with zero attached hydrogens (tertiary/aromatic N) is 3. The molecule has 0 radical (unpaired) electrons. The molecule has 3 unspecified atom stereocenters. The zero-order valence-electron chi connectivity index (χ0n) is 10.3. The lowest BCUT2D eigenvalue weighted by Crippen LogP contribution is -2.23. The lowest BCUT2D eigenvalue weighted by Gasteiger charge is -2.20. The monoisotopic (exact) mass is 233 g/mol. The molecule has 92 valence electrons. The molecule has 1 aromatic heterocycles. The maximum atomic E-state index is 12.5. The van der Waals surface area contributed by atoms with Gasteiger partial charge < -0.3 is 0 Å². The summed E-state index contributed by atoms with van der Waals surface area (Å²) in [7, 11) is 0. The molecule has 4 heteroatoms. The molecule has 1 aromatic rings. The van der Waals surface area contributed by atoms with Crippen molar-refractivity contribution in [1.29, 1.82) is 0 Å². The van der Waals surface area contributed by atoms with E-state index < -0.39 is 0 Å². The molecule has 3 rings (SSSR count). The third kappa shape index (κ3) is 1.79. The van der Waals surface area contributed by atoms with Crippen molar-refractivity contribution in [3.63, 3.8) is 0 Å². The highest BCUT2D eigenvalue weighted by molar-refractivity contribution is 5.96. The summed E-state index contributed by atoms with van der Waals surface area (Å²) >= 11 is 0.